The molecule has 0 bridgehead atoms. The smallest absolute Gasteiger partial charge is 0.229 e. The number of rotatable bonds is 0. The third-order valence-corrected chi connectivity index (χ3v) is 4.23. The summed E-state index contributed by atoms with van der Waals surface area (Å²) in [6.07, 6.45) is 3.06. The first-order chi connectivity index (χ1) is 8.15. The summed E-state index contributed by atoms with van der Waals surface area (Å²) in [5.74, 6) is 0.136. The van der Waals surface area contributed by atoms with Crippen LogP contribution in [0.2, 0.25) is 10.0 Å². The molecule has 1 heterocycles. The second-order valence-corrected chi connectivity index (χ2v) is 5.40. The van der Waals surface area contributed by atoms with Crippen LogP contribution >= 0.6 is 23.2 Å². The van der Waals surface area contributed by atoms with Crippen molar-refractivity contribution in [3.8, 4) is 0 Å². The Hall–Kier alpha value is -0.930. The molecule has 3 nitrogen and oxygen atoms in total. The van der Waals surface area contributed by atoms with Gasteiger partial charge in [0.2, 0.25) is 5.91 Å². The lowest BCUT2D eigenvalue weighted by Crippen LogP contribution is -2.30. The van der Waals surface area contributed by atoms with Crippen molar-refractivity contribution in [1.29, 1.82) is 0 Å². The zero-order valence-electron chi connectivity index (χ0n) is 9.09. The van der Waals surface area contributed by atoms with Gasteiger partial charge in [0.25, 0.3) is 0 Å². The van der Waals surface area contributed by atoms with Crippen LogP contribution in [0.4, 0.5) is 11.4 Å². The van der Waals surface area contributed by atoms with E-state index in [4.69, 9.17) is 23.2 Å². The maximum absolute atomic E-state index is 12.0. The fourth-order valence-electron chi connectivity index (χ4n) is 2.64. The van der Waals surface area contributed by atoms with E-state index in [0.717, 1.165) is 30.6 Å². The predicted octanol–water partition coefficient (Wildman–Crippen LogP) is 3.53. The van der Waals surface area contributed by atoms with Gasteiger partial charge in [0.05, 0.1) is 27.3 Å². The minimum Gasteiger partial charge on any atom is -0.380 e. The van der Waals surface area contributed by atoms with Gasteiger partial charge in [-0.15, -0.1) is 0 Å². The largest absolute Gasteiger partial charge is 0.380 e. The normalized spacial score (nSPS) is 26.6. The number of anilines is 2. The first-order valence-electron chi connectivity index (χ1n) is 5.71. The van der Waals surface area contributed by atoms with Gasteiger partial charge < -0.3 is 10.6 Å². The van der Waals surface area contributed by atoms with Gasteiger partial charge in [-0.2, -0.15) is 0 Å². The van der Waals surface area contributed by atoms with Crippen LogP contribution in [0.15, 0.2) is 12.1 Å². The topological polar surface area (TPSA) is 41.1 Å². The molecule has 1 aliphatic carbocycles. The summed E-state index contributed by atoms with van der Waals surface area (Å²) in [7, 11) is 0. The van der Waals surface area contributed by atoms with Crippen LogP contribution in [-0.4, -0.2) is 11.9 Å². The van der Waals surface area contributed by atoms with Crippen molar-refractivity contribution >= 4 is 40.5 Å². The molecule has 1 fully saturated rings. The number of nitrogens with one attached hydrogen (secondary N) is 2. The fraction of sp³-hybridized carbons (Fsp3) is 0.417. The molecule has 0 saturated heterocycles. The molecule has 0 radical (unpaired) electrons. The summed E-state index contributed by atoms with van der Waals surface area (Å²) >= 11 is 11.9. The first kappa shape index (κ1) is 11.2. The number of halogens is 2. The average Bonchev–Trinajstić information content (AvgIpc) is 2.69. The number of hydrogen-bond acceptors (Lipinski definition) is 2. The van der Waals surface area contributed by atoms with Crippen molar-refractivity contribution in [2.75, 3.05) is 10.6 Å². The molecule has 0 spiro atoms. The lowest BCUT2D eigenvalue weighted by atomic mass is 10.0. The number of carbonyl (C=O) groups is 1. The molecular formula is C12H12Cl2N2O. The molecule has 1 amide bonds. The van der Waals surface area contributed by atoms with Crippen LogP contribution in [-0.2, 0) is 4.79 Å². The van der Waals surface area contributed by atoms with Crippen molar-refractivity contribution in [3.05, 3.63) is 22.2 Å². The van der Waals surface area contributed by atoms with Crippen LogP contribution in [0.25, 0.3) is 0 Å². The highest BCUT2D eigenvalue weighted by molar-refractivity contribution is 6.42. The Bertz CT molecular complexity index is 490. The molecule has 3 rings (SSSR count). The Labute approximate surface area is 109 Å². The van der Waals surface area contributed by atoms with Crippen LogP contribution in [0.5, 0.6) is 0 Å². The van der Waals surface area contributed by atoms with E-state index in [1.807, 2.05) is 0 Å². The Morgan fingerprint density at radius 2 is 1.82 bits per heavy atom. The van der Waals surface area contributed by atoms with Gasteiger partial charge in [0.1, 0.15) is 0 Å². The molecule has 0 aromatic heterocycles. The van der Waals surface area contributed by atoms with E-state index >= 15 is 0 Å². The van der Waals surface area contributed by atoms with Crippen molar-refractivity contribution in [3.63, 3.8) is 0 Å². The molecule has 2 atom stereocenters. The quantitative estimate of drug-likeness (QED) is 0.758. The van der Waals surface area contributed by atoms with Crippen molar-refractivity contribution in [2.45, 2.75) is 25.3 Å². The zero-order chi connectivity index (χ0) is 12.0. The van der Waals surface area contributed by atoms with Gasteiger partial charge in [0.15, 0.2) is 0 Å². The molecule has 1 aromatic rings. The van der Waals surface area contributed by atoms with Crippen molar-refractivity contribution in [2.24, 2.45) is 5.92 Å². The molecule has 2 unspecified atom stereocenters. The number of carbonyl (C=O) groups excluding carboxylic acids is 1. The lowest BCUT2D eigenvalue weighted by molar-refractivity contribution is -0.119. The molecular weight excluding hydrogens is 259 g/mol. The van der Waals surface area contributed by atoms with E-state index in [1.54, 1.807) is 12.1 Å². The lowest BCUT2D eigenvalue weighted by Gasteiger charge is -2.16. The maximum Gasteiger partial charge on any atom is 0.229 e. The summed E-state index contributed by atoms with van der Waals surface area (Å²) in [6.45, 7) is 0. The second-order valence-electron chi connectivity index (χ2n) is 4.59. The SMILES string of the molecule is O=C1Nc2cc(Cl)c(Cl)cc2NC2CCCC12. The van der Waals surface area contributed by atoms with Crippen molar-refractivity contribution in [1.82, 2.24) is 0 Å². The summed E-state index contributed by atoms with van der Waals surface area (Å²) in [6, 6.07) is 3.69. The third kappa shape index (κ3) is 1.87. The molecule has 2 aliphatic rings. The number of hydrogen-bond donors (Lipinski definition) is 2. The van der Waals surface area contributed by atoms with E-state index in [-0.39, 0.29) is 17.9 Å². The monoisotopic (exact) mass is 270 g/mol. The zero-order valence-corrected chi connectivity index (χ0v) is 10.6. The maximum atomic E-state index is 12.0. The fourth-order valence-corrected chi connectivity index (χ4v) is 2.97. The predicted molar refractivity (Wildman–Crippen MR) is 69.8 cm³/mol. The Morgan fingerprint density at radius 1 is 1.12 bits per heavy atom. The van der Waals surface area contributed by atoms with Crippen molar-refractivity contribution < 1.29 is 4.79 Å². The van der Waals surface area contributed by atoms with Crippen LogP contribution < -0.4 is 10.6 Å². The average molecular weight is 271 g/mol. The third-order valence-electron chi connectivity index (χ3n) is 3.51. The number of fused-ring (bicyclic) bond motifs is 2. The molecule has 1 aliphatic heterocycles. The van der Waals surface area contributed by atoms with E-state index in [0.29, 0.717) is 10.0 Å². The van der Waals surface area contributed by atoms with Gasteiger partial charge in [-0.25, -0.2) is 0 Å². The van der Waals surface area contributed by atoms with Gasteiger partial charge in [-0.3, -0.25) is 4.79 Å². The van der Waals surface area contributed by atoms with Gasteiger partial charge in [0, 0.05) is 6.04 Å². The first-order valence-corrected chi connectivity index (χ1v) is 6.47. The number of benzene rings is 1. The molecule has 1 saturated carbocycles. The van der Waals surface area contributed by atoms with E-state index < -0.39 is 0 Å². The Morgan fingerprint density at radius 3 is 2.59 bits per heavy atom. The molecule has 1 aromatic carbocycles. The highest BCUT2D eigenvalue weighted by Crippen LogP contribution is 2.39. The highest BCUT2D eigenvalue weighted by Gasteiger charge is 2.35. The van der Waals surface area contributed by atoms with Crippen LogP contribution in [0.3, 0.4) is 0 Å². The minimum absolute atomic E-state index is 0.0555. The molecule has 5 heteroatoms. The van der Waals surface area contributed by atoms with Gasteiger partial charge in [-0.1, -0.05) is 29.6 Å². The highest BCUT2D eigenvalue weighted by atomic mass is 35.5. The molecule has 90 valence electrons. The number of amides is 1. The standard InChI is InChI=1S/C12H12Cl2N2O/c13-7-4-10-11(5-8(7)14)16-12(17)6-2-1-3-9(6)15-10/h4-6,9,15H,1-3H2,(H,16,17). The summed E-state index contributed by atoms with van der Waals surface area (Å²) in [5, 5.41) is 7.27. The van der Waals surface area contributed by atoms with Gasteiger partial charge in [-0.05, 0) is 25.0 Å². The summed E-state index contributed by atoms with van der Waals surface area (Å²) < 4.78 is 0. The summed E-state index contributed by atoms with van der Waals surface area (Å²) in [5.41, 5.74) is 1.58. The summed E-state index contributed by atoms with van der Waals surface area (Å²) in [4.78, 5) is 12.0. The Kier molecular flexibility index (Phi) is 2.68. The van der Waals surface area contributed by atoms with Crippen LogP contribution in [0, 0.1) is 5.92 Å². The molecule has 17 heavy (non-hydrogen) atoms. The van der Waals surface area contributed by atoms with E-state index in [9.17, 15) is 4.79 Å². The van der Waals surface area contributed by atoms with Gasteiger partial charge >= 0.3 is 0 Å². The Balaban J connectivity index is 2.04. The van der Waals surface area contributed by atoms with E-state index in [1.165, 1.54) is 0 Å². The minimum atomic E-state index is 0.0555. The second kappa shape index (κ2) is 4.07. The van der Waals surface area contributed by atoms with E-state index in [2.05, 4.69) is 10.6 Å². The van der Waals surface area contributed by atoms with Crippen LogP contribution in [0.1, 0.15) is 19.3 Å². The molecule has 2 N–H and O–H groups in total.